The average Bonchev–Trinajstić information content (AvgIpc) is 2.80. The molecule has 3 rings (SSSR count). The zero-order chi connectivity index (χ0) is 24.0. The third kappa shape index (κ3) is 5.93. The van der Waals surface area contributed by atoms with E-state index in [4.69, 9.17) is 5.21 Å². The van der Waals surface area contributed by atoms with Crippen LogP contribution in [-0.2, 0) is 9.59 Å². The summed E-state index contributed by atoms with van der Waals surface area (Å²) in [7, 11) is 0. The highest BCUT2D eigenvalue weighted by molar-refractivity contribution is 6.10. The van der Waals surface area contributed by atoms with Crippen molar-refractivity contribution in [1.29, 1.82) is 0 Å². The largest absolute Gasteiger partial charge is 0.367 e. The first-order valence-corrected chi connectivity index (χ1v) is 10.7. The van der Waals surface area contributed by atoms with E-state index in [2.05, 4.69) is 9.88 Å². The standard InChI is InChI=1S/C25H28N4O4/c1-17-15-28(16-18(2)29(17)19(3)30)23-10-5-4-9-22(23)24(31)13-11-20-7-6-8-21(26-20)12-14-25(32)27-33/h4-14,17-18,33H,15-16H2,1-3H3,(H,27,32)/b13-11+,14-12+/t17-,18+. The molecule has 2 heterocycles. The highest BCUT2D eigenvalue weighted by Crippen LogP contribution is 2.26. The number of amides is 2. The minimum Gasteiger partial charge on any atom is -0.367 e. The Bertz CT molecular complexity index is 1080. The van der Waals surface area contributed by atoms with Crippen LogP contribution in [0, 0.1) is 0 Å². The fourth-order valence-electron chi connectivity index (χ4n) is 4.20. The lowest BCUT2D eigenvalue weighted by Gasteiger charge is -2.45. The fraction of sp³-hybridized carbons (Fsp3) is 0.280. The Morgan fingerprint density at radius 3 is 2.18 bits per heavy atom. The molecule has 2 aromatic rings. The van der Waals surface area contributed by atoms with Gasteiger partial charge in [0.1, 0.15) is 0 Å². The lowest BCUT2D eigenvalue weighted by Crippen LogP contribution is -2.58. The molecule has 0 spiro atoms. The van der Waals surface area contributed by atoms with Crippen molar-refractivity contribution in [2.24, 2.45) is 0 Å². The first-order chi connectivity index (χ1) is 15.8. The van der Waals surface area contributed by atoms with Gasteiger partial charge in [-0.05, 0) is 56.3 Å². The van der Waals surface area contributed by atoms with E-state index in [9.17, 15) is 14.4 Å². The first-order valence-electron chi connectivity index (χ1n) is 10.7. The summed E-state index contributed by atoms with van der Waals surface area (Å²) in [6.45, 7) is 6.92. The number of hydrogen-bond acceptors (Lipinski definition) is 6. The second-order valence-corrected chi connectivity index (χ2v) is 8.04. The monoisotopic (exact) mass is 448 g/mol. The van der Waals surface area contributed by atoms with Gasteiger partial charge in [0.15, 0.2) is 5.78 Å². The van der Waals surface area contributed by atoms with Crippen LogP contribution >= 0.6 is 0 Å². The van der Waals surface area contributed by atoms with Crippen molar-refractivity contribution in [1.82, 2.24) is 15.4 Å². The summed E-state index contributed by atoms with van der Waals surface area (Å²) in [4.78, 5) is 44.6. The zero-order valence-corrected chi connectivity index (χ0v) is 18.9. The van der Waals surface area contributed by atoms with Crippen molar-refractivity contribution in [3.05, 3.63) is 71.6 Å². The molecule has 2 N–H and O–H groups in total. The molecular weight excluding hydrogens is 420 g/mol. The third-order valence-corrected chi connectivity index (χ3v) is 5.51. The third-order valence-electron chi connectivity index (χ3n) is 5.51. The van der Waals surface area contributed by atoms with Crippen LogP contribution in [0.5, 0.6) is 0 Å². The van der Waals surface area contributed by atoms with Crippen molar-refractivity contribution in [3.63, 3.8) is 0 Å². The Kier molecular flexibility index (Phi) is 7.74. The summed E-state index contributed by atoms with van der Waals surface area (Å²) in [5, 5.41) is 8.56. The van der Waals surface area contributed by atoms with Gasteiger partial charge in [0.25, 0.3) is 5.91 Å². The van der Waals surface area contributed by atoms with E-state index in [-0.39, 0.29) is 23.8 Å². The topological polar surface area (TPSA) is 103 Å². The van der Waals surface area contributed by atoms with Crippen molar-refractivity contribution < 1.29 is 19.6 Å². The van der Waals surface area contributed by atoms with Crippen LogP contribution in [0.3, 0.4) is 0 Å². The fourth-order valence-corrected chi connectivity index (χ4v) is 4.20. The number of anilines is 1. The summed E-state index contributed by atoms with van der Waals surface area (Å²) < 4.78 is 0. The van der Waals surface area contributed by atoms with Crippen molar-refractivity contribution in [2.45, 2.75) is 32.9 Å². The highest BCUT2D eigenvalue weighted by Gasteiger charge is 2.32. The maximum absolute atomic E-state index is 13.1. The number of carbonyl (C=O) groups is 3. The van der Waals surface area contributed by atoms with E-state index in [1.807, 2.05) is 36.9 Å². The highest BCUT2D eigenvalue weighted by atomic mass is 16.5. The second-order valence-electron chi connectivity index (χ2n) is 8.04. The number of pyridine rings is 1. The van der Waals surface area contributed by atoms with Crippen LogP contribution in [0.15, 0.2) is 54.6 Å². The summed E-state index contributed by atoms with van der Waals surface area (Å²) >= 11 is 0. The SMILES string of the molecule is CC(=O)N1[C@H](C)CN(c2ccccc2C(=O)/C=C/c2cccc(/C=C/C(=O)NO)n2)C[C@@H]1C. The van der Waals surface area contributed by atoms with Gasteiger partial charge in [0.05, 0.1) is 11.4 Å². The quantitative estimate of drug-likeness (QED) is 0.305. The Morgan fingerprint density at radius 2 is 1.58 bits per heavy atom. The predicted octanol–water partition coefficient (Wildman–Crippen LogP) is 2.94. The number of para-hydroxylation sites is 1. The number of nitrogens with zero attached hydrogens (tertiary/aromatic N) is 3. The Labute approximate surface area is 193 Å². The molecule has 0 unspecified atom stereocenters. The molecule has 1 saturated heterocycles. The molecule has 33 heavy (non-hydrogen) atoms. The van der Waals surface area contributed by atoms with Crippen LogP contribution in [0.1, 0.15) is 42.5 Å². The normalized spacial score (nSPS) is 18.7. The van der Waals surface area contributed by atoms with Crippen molar-refractivity contribution >= 4 is 35.4 Å². The molecule has 8 nitrogen and oxygen atoms in total. The average molecular weight is 449 g/mol. The van der Waals surface area contributed by atoms with Crippen LogP contribution in [-0.4, -0.2) is 57.9 Å². The minimum absolute atomic E-state index is 0.0397. The van der Waals surface area contributed by atoms with E-state index in [1.165, 1.54) is 17.6 Å². The molecule has 1 fully saturated rings. The number of benzene rings is 1. The molecule has 0 bridgehead atoms. The summed E-state index contributed by atoms with van der Waals surface area (Å²) in [6, 6.07) is 12.8. The number of allylic oxidation sites excluding steroid dienone is 1. The molecule has 0 saturated carbocycles. The molecule has 1 aliphatic heterocycles. The summed E-state index contributed by atoms with van der Waals surface area (Å²) in [5.74, 6) is -0.747. The van der Waals surface area contributed by atoms with E-state index in [0.717, 1.165) is 11.8 Å². The molecule has 1 aromatic heterocycles. The Balaban J connectivity index is 1.79. The molecule has 0 radical (unpaired) electrons. The predicted molar refractivity (Wildman–Crippen MR) is 127 cm³/mol. The molecule has 1 aliphatic rings. The summed E-state index contributed by atoms with van der Waals surface area (Å²) in [6.07, 6.45) is 5.73. The van der Waals surface area contributed by atoms with Gasteiger partial charge in [0.2, 0.25) is 5.91 Å². The number of hydrogen-bond donors (Lipinski definition) is 2. The van der Waals surface area contributed by atoms with Gasteiger partial charge in [-0.1, -0.05) is 18.2 Å². The maximum Gasteiger partial charge on any atom is 0.267 e. The molecular formula is C25H28N4O4. The minimum atomic E-state index is -0.655. The molecule has 8 heteroatoms. The van der Waals surface area contributed by atoms with E-state index < -0.39 is 5.91 Å². The first kappa shape index (κ1) is 23.9. The van der Waals surface area contributed by atoms with Crippen LogP contribution in [0.25, 0.3) is 12.2 Å². The summed E-state index contributed by atoms with van der Waals surface area (Å²) in [5.41, 5.74) is 4.02. The van der Waals surface area contributed by atoms with Gasteiger partial charge >= 0.3 is 0 Å². The zero-order valence-electron chi connectivity index (χ0n) is 18.9. The van der Waals surface area contributed by atoms with Crippen molar-refractivity contribution in [3.8, 4) is 0 Å². The molecule has 1 aromatic carbocycles. The Hall–Kier alpha value is -3.78. The van der Waals surface area contributed by atoms with Crippen LogP contribution in [0.2, 0.25) is 0 Å². The van der Waals surface area contributed by atoms with Crippen LogP contribution < -0.4 is 10.4 Å². The number of rotatable bonds is 6. The van der Waals surface area contributed by atoms with Crippen molar-refractivity contribution in [2.75, 3.05) is 18.0 Å². The van der Waals surface area contributed by atoms with E-state index in [1.54, 1.807) is 37.3 Å². The number of carbonyl (C=O) groups excluding carboxylic acids is 3. The smallest absolute Gasteiger partial charge is 0.267 e. The Morgan fingerprint density at radius 1 is 0.970 bits per heavy atom. The van der Waals surface area contributed by atoms with Gasteiger partial charge < -0.3 is 9.80 Å². The van der Waals surface area contributed by atoms with Gasteiger partial charge in [-0.3, -0.25) is 19.6 Å². The number of piperazine rings is 1. The van der Waals surface area contributed by atoms with E-state index in [0.29, 0.717) is 30.0 Å². The second kappa shape index (κ2) is 10.7. The number of ketones is 1. The maximum atomic E-state index is 13.1. The molecule has 0 aliphatic carbocycles. The molecule has 2 atom stereocenters. The number of aromatic nitrogens is 1. The van der Waals surface area contributed by atoms with E-state index >= 15 is 0 Å². The van der Waals surface area contributed by atoms with Gasteiger partial charge in [0, 0.05) is 49.4 Å². The van der Waals surface area contributed by atoms with Gasteiger partial charge in [-0.2, -0.15) is 0 Å². The number of nitrogens with one attached hydrogen (secondary N) is 1. The number of hydroxylamine groups is 1. The molecule has 172 valence electrons. The molecule has 2 amide bonds. The lowest BCUT2D eigenvalue weighted by molar-refractivity contribution is -0.133. The lowest BCUT2D eigenvalue weighted by atomic mass is 10.0. The van der Waals surface area contributed by atoms with Gasteiger partial charge in [-0.25, -0.2) is 10.5 Å². The van der Waals surface area contributed by atoms with Gasteiger partial charge in [-0.15, -0.1) is 0 Å². The van der Waals surface area contributed by atoms with Crippen LogP contribution in [0.4, 0.5) is 5.69 Å².